The average Bonchev–Trinajstić information content (AvgIpc) is 0. The summed E-state index contributed by atoms with van der Waals surface area (Å²) in [6, 6.07) is 0. The largest absolute Gasteiger partial charge is 4.00 e. The fourth-order valence-corrected chi connectivity index (χ4v) is 0. The molecule has 0 aromatic heterocycles. The fraction of sp³-hybridized carbons (Fsp3) is 0. The van der Waals surface area contributed by atoms with E-state index < -0.39 is 0 Å². The summed E-state index contributed by atoms with van der Waals surface area (Å²) in [5, 5.41) is 0. The predicted octanol–water partition coefficient (Wildman–Crippen LogP) is -0.391. The molecule has 0 amide bonds. The van der Waals surface area contributed by atoms with Gasteiger partial charge in [-0.2, -0.15) is 0 Å². The summed E-state index contributed by atoms with van der Waals surface area (Å²) in [7, 11) is 0. The van der Waals surface area contributed by atoms with Crippen LogP contribution in [0.15, 0.2) is 0 Å². The van der Waals surface area contributed by atoms with Gasteiger partial charge in [0.05, 0.1) is 0 Å². The van der Waals surface area contributed by atoms with E-state index in [-0.39, 0.29) is 78.8 Å². The quantitative estimate of drug-likeness (QED) is 0.503. The first-order valence-corrected chi connectivity index (χ1v) is 0. The van der Waals surface area contributed by atoms with Crippen LogP contribution in [0.4, 0.5) is 0 Å². The van der Waals surface area contributed by atoms with Crippen molar-refractivity contribution in [3.8, 4) is 0 Å². The molecule has 0 heterocycles. The van der Waals surface area contributed by atoms with Crippen molar-refractivity contribution < 1.29 is 27.3 Å². The summed E-state index contributed by atoms with van der Waals surface area (Å²) in [6.07, 6.45) is 0. The van der Waals surface area contributed by atoms with Gasteiger partial charge >= 0.3 is 38.3 Å². The van der Waals surface area contributed by atoms with Crippen molar-refractivity contribution >= 4 is 51.5 Å². The Morgan fingerprint density at radius 1 is 0.600 bits per heavy atom. The van der Waals surface area contributed by atoms with E-state index >= 15 is 0 Å². The van der Waals surface area contributed by atoms with Crippen LogP contribution < -0.4 is 0 Å². The minimum Gasteiger partial charge on any atom is -2.00 e. The van der Waals surface area contributed by atoms with E-state index in [0.29, 0.717) is 0 Å². The Labute approximate surface area is 78.0 Å². The molecular formula is CdS3Si. The molecule has 5 heteroatoms. The van der Waals surface area contributed by atoms with Crippen molar-refractivity contribution in [3.63, 3.8) is 0 Å². The minimum atomic E-state index is 0. The van der Waals surface area contributed by atoms with Crippen molar-refractivity contribution in [2.45, 2.75) is 0 Å². The Balaban J connectivity index is 0. The fourth-order valence-electron chi connectivity index (χ4n) is 0. The molecule has 0 rings (SSSR count). The van der Waals surface area contributed by atoms with Gasteiger partial charge in [-0.25, -0.2) is 0 Å². The third-order valence-electron chi connectivity index (χ3n) is 0. The molecule has 0 N–H and O–H groups in total. The van der Waals surface area contributed by atoms with Gasteiger partial charge in [-0.3, -0.25) is 0 Å². The predicted molar refractivity (Wildman–Crippen MR) is 27.8 cm³/mol. The van der Waals surface area contributed by atoms with Gasteiger partial charge in [0.1, 0.15) is 0 Å². The maximum absolute atomic E-state index is 0. The van der Waals surface area contributed by atoms with Crippen LogP contribution in [0.25, 0.3) is 0 Å². The van der Waals surface area contributed by atoms with Crippen LogP contribution in [0.3, 0.4) is 0 Å². The van der Waals surface area contributed by atoms with Crippen LogP contribution >= 0.6 is 0 Å². The third-order valence-corrected chi connectivity index (χ3v) is 0. The van der Waals surface area contributed by atoms with Gasteiger partial charge in [0.2, 0.25) is 0 Å². The van der Waals surface area contributed by atoms with Gasteiger partial charge in [-0.05, 0) is 0 Å². The first-order chi connectivity index (χ1) is 0. The molecule has 0 aromatic carbocycles. The molecule has 5 heavy (non-hydrogen) atoms. The Hall–Kier alpha value is 2.19. The van der Waals surface area contributed by atoms with Gasteiger partial charge in [-0.1, -0.05) is 0 Å². The molecule has 0 fully saturated rings. The maximum atomic E-state index is 0. The molecule has 0 nitrogen and oxygen atoms in total. The molecule has 0 aliphatic rings. The first-order valence-electron chi connectivity index (χ1n) is 0. The summed E-state index contributed by atoms with van der Waals surface area (Å²) in [6.45, 7) is 0. The van der Waals surface area contributed by atoms with E-state index in [9.17, 15) is 0 Å². The van der Waals surface area contributed by atoms with E-state index in [0.717, 1.165) is 0 Å². The van der Waals surface area contributed by atoms with Crippen molar-refractivity contribution in [3.05, 3.63) is 0 Å². The number of hydrogen-bond donors (Lipinski definition) is 0. The topological polar surface area (TPSA) is 0 Å². The maximum Gasteiger partial charge on any atom is 4.00 e. The van der Waals surface area contributed by atoms with E-state index in [1.165, 1.54) is 0 Å². The van der Waals surface area contributed by atoms with Crippen LogP contribution in [0, 0.1) is 0 Å². The molecule has 0 radical (unpaired) electrons. The van der Waals surface area contributed by atoms with Gasteiger partial charge in [0, 0.05) is 0 Å². The van der Waals surface area contributed by atoms with Crippen molar-refractivity contribution in [2.75, 3.05) is 0 Å². The SMILES string of the molecule is [Cd+2].[S-2].[S-2].[S-2].[Si+4]. The van der Waals surface area contributed by atoms with Crippen LogP contribution in [-0.4, -0.2) is 11.0 Å². The van der Waals surface area contributed by atoms with Crippen LogP contribution in [0.2, 0.25) is 0 Å². The first kappa shape index (κ1) is 57.5. The Morgan fingerprint density at radius 2 is 0.600 bits per heavy atom. The Kier molecular flexibility index (Phi) is 400. The summed E-state index contributed by atoms with van der Waals surface area (Å²) in [4.78, 5) is 0. The third kappa shape index (κ3) is 22.7. The molecule has 0 aliphatic heterocycles. The molecular weight excluding hydrogens is 237 g/mol. The van der Waals surface area contributed by atoms with Gasteiger partial charge in [0.15, 0.2) is 0 Å². The summed E-state index contributed by atoms with van der Waals surface area (Å²) in [5.41, 5.74) is 0. The van der Waals surface area contributed by atoms with E-state index in [2.05, 4.69) is 0 Å². The van der Waals surface area contributed by atoms with Gasteiger partial charge in [0.25, 0.3) is 0 Å². The standard InChI is InChI=1S/Cd.3S.Si/q+2;3*-2;+4. The zero-order valence-corrected chi connectivity index (χ0v) is 9.92. The van der Waals surface area contributed by atoms with Gasteiger partial charge in [-0.15, -0.1) is 0 Å². The minimum absolute atomic E-state index is 0. The second kappa shape index (κ2) is 34.8. The summed E-state index contributed by atoms with van der Waals surface area (Å²) >= 11 is 0. The van der Waals surface area contributed by atoms with E-state index in [4.69, 9.17) is 0 Å². The molecule has 24 valence electrons. The number of hydrogen-bond acceptors (Lipinski definition) is 0. The Bertz CT molecular complexity index is 6.85. The summed E-state index contributed by atoms with van der Waals surface area (Å²) in [5.74, 6) is 0. The molecule has 0 unspecified atom stereocenters. The molecule has 0 saturated carbocycles. The summed E-state index contributed by atoms with van der Waals surface area (Å²) < 4.78 is 0. The zero-order chi connectivity index (χ0) is 0. The van der Waals surface area contributed by atoms with Gasteiger partial charge < -0.3 is 40.5 Å². The second-order valence-electron chi connectivity index (χ2n) is 0. The van der Waals surface area contributed by atoms with E-state index in [1.807, 2.05) is 0 Å². The van der Waals surface area contributed by atoms with Crippen LogP contribution in [0.5, 0.6) is 0 Å². The molecule has 0 bridgehead atoms. The zero-order valence-electron chi connectivity index (χ0n) is 2.43. The van der Waals surface area contributed by atoms with Crippen molar-refractivity contribution in [1.82, 2.24) is 0 Å². The van der Waals surface area contributed by atoms with Crippen LogP contribution in [0.1, 0.15) is 0 Å². The molecule has 0 spiro atoms. The Morgan fingerprint density at radius 3 is 0.600 bits per heavy atom. The molecule has 0 aliphatic carbocycles. The smallest absolute Gasteiger partial charge is 2.00 e. The molecule has 0 atom stereocenters. The van der Waals surface area contributed by atoms with Crippen LogP contribution in [-0.2, 0) is 67.8 Å². The monoisotopic (exact) mass is 238 g/mol. The average molecular weight is 237 g/mol. The normalized spacial score (nSPS) is 0. The van der Waals surface area contributed by atoms with Crippen molar-refractivity contribution in [2.24, 2.45) is 0 Å². The number of rotatable bonds is 0. The van der Waals surface area contributed by atoms with Crippen molar-refractivity contribution in [1.29, 1.82) is 0 Å². The molecule has 0 saturated heterocycles. The second-order valence-corrected chi connectivity index (χ2v) is 0. The molecule has 0 aromatic rings. The van der Waals surface area contributed by atoms with E-state index in [1.54, 1.807) is 0 Å².